The molecule has 0 unspecified atom stereocenters. The lowest BCUT2D eigenvalue weighted by Gasteiger charge is -2.05. The maximum absolute atomic E-state index is 6.04. The lowest BCUT2D eigenvalue weighted by molar-refractivity contribution is 0.473. The largest absolute Gasteiger partial charge is 0.462 e. The highest BCUT2D eigenvalue weighted by atomic mass is 35.5. The van der Waals surface area contributed by atoms with Crippen LogP contribution in [0.5, 0.6) is 5.75 Å². The van der Waals surface area contributed by atoms with Crippen LogP contribution in [0.4, 0.5) is 0 Å². The zero-order valence-corrected chi connectivity index (χ0v) is 10.6. The average Bonchev–Trinajstić information content (AvgIpc) is 2.26. The third kappa shape index (κ3) is 3.70. The molecule has 1 aromatic carbocycles. The van der Waals surface area contributed by atoms with Gasteiger partial charge in [-0.25, -0.2) is 0 Å². The molecule has 2 nitrogen and oxygen atoms in total. The minimum atomic E-state index is 0.618. The number of aliphatic imine (C=N–C) groups is 1. The molecule has 86 valence electrons. The summed E-state index contributed by atoms with van der Waals surface area (Å²) in [5, 5.41) is 0.618. The number of halogens is 1. The van der Waals surface area contributed by atoms with Crippen LogP contribution in [0.15, 0.2) is 35.2 Å². The molecule has 0 aliphatic carbocycles. The van der Waals surface area contributed by atoms with Crippen LogP contribution >= 0.6 is 11.6 Å². The Balaban J connectivity index is 2.80. The predicted octanol–water partition coefficient (Wildman–Crippen LogP) is 4.37. The van der Waals surface area contributed by atoms with Crippen LogP contribution in [0, 0.1) is 6.92 Å². The molecule has 0 radical (unpaired) electrons. The van der Waals surface area contributed by atoms with Gasteiger partial charge in [-0.05, 0) is 38.0 Å². The highest BCUT2D eigenvalue weighted by Gasteiger charge is 2.00. The van der Waals surface area contributed by atoms with E-state index in [0.717, 1.165) is 17.7 Å². The first-order valence-corrected chi connectivity index (χ1v) is 5.65. The number of aryl methyl sites for hydroxylation is 1. The fourth-order valence-electron chi connectivity index (χ4n) is 1.20. The minimum Gasteiger partial charge on any atom is -0.462 e. The molecule has 1 rings (SSSR count). The second-order valence-electron chi connectivity index (χ2n) is 3.40. The van der Waals surface area contributed by atoms with Crippen molar-refractivity contribution in [3.05, 3.63) is 40.7 Å². The zero-order valence-electron chi connectivity index (χ0n) is 9.83. The van der Waals surface area contributed by atoms with Crippen molar-refractivity contribution in [2.24, 2.45) is 4.99 Å². The summed E-state index contributed by atoms with van der Waals surface area (Å²) >= 11 is 6.04. The monoisotopic (exact) mass is 237 g/mol. The van der Waals surface area contributed by atoms with E-state index < -0.39 is 0 Å². The highest BCUT2D eigenvalue weighted by Crippen LogP contribution is 2.25. The van der Waals surface area contributed by atoms with Gasteiger partial charge in [-0.15, -0.1) is 0 Å². The fraction of sp³-hybridized carbons (Fsp3) is 0.308. The van der Waals surface area contributed by atoms with Crippen molar-refractivity contribution in [2.75, 3.05) is 0 Å². The van der Waals surface area contributed by atoms with Gasteiger partial charge in [0.15, 0.2) is 0 Å². The van der Waals surface area contributed by atoms with Gasteiger partial charge < -0.3 is 4.74 Å². The topological polar surface area (TPSA) is 21.6 Å². The smallest absolute Gasteiger partial charge is 0.145 e. The molecule has 0 atom stereocenters. The second kappa shape index (κ2) is 6.33. The summed E-state index contributed by atoms with van der Waals surface area (Å²) in [4.78, 5) is 4.17. The molecule has 1 aromatic rings. The number of rotatable bonds is 4. The Morgan fingerprint density at radius 3 is 2.81 bits per heavy atom. The van der Waals surface area contributed by atoms with Crippen molar-refractivity contribution >= 4 is 17.8 Å². The molecule has 0 aliphatic rings. The number of hydrogen-bond donors (Lipinski definition) is 0. The number of ether oxygens (including phenoxy) is 1. The van der Waals surface area contributed by atoms with Crippen LogP contribution in [0.25, 0.3) is 0 Å². The summed E-state index contributed by atoms with van der Waals surface area (Å²) in [5.74, 6) is 0.657. The Kier molecular flexibility index (Phi) is 5.06. The van der Waals surface area contributed by atoms with Gasteiger partial charge in [-0.2, -0.15) is 0 Å². The standard InChI is InChI=1S/C13H16ClNO/c1-4-11(15-5-2)9-16-13-7-6-10(3)8-12(13)14/h5-9H,4H2,1-3H3/b11-9+,15-5?. The van der Waals surface area contributed by atoms with Crippen LogP contribution in [0.3, 0.4) is 0 Å². The number of allylic oxidation sites excluding steroid dienone is 1. The first-order chi connectivity index (χ1) is 7.67. The Bertz CT molecular complexity index is 410. The average molecular weight is 238 g/mol. The third-order valence-corrected chi connectivity index (χ3v) is 2.36. The Hall–Kier alpha value is -1.28. The van der Waals surface area contributed by atoms with Crippen molar-refractivity contribution in [2.45, 2.75) is 27.2 Å². The van der Waals surface area contributed by atoms with E-state index >= 15 is 0 Å². The van der Waals surface area contributed by atoms with Gasteiger partial charge in [0.1, 0.15) is 12.0 Å². The molecule has 0 heterocycles. The highest BCUT2D eigenvalue weighted by molar-refractivity contribution is 6.32. The maximum atomic E-state index is 6.04. The number of hydrogen-bond acceptors (Lipinski definition) is 2. The van der Waals surface area contributed by atoms with Gasteiger partial charge in [-0.1, -0.05) is 24.6 Å². The number of benzene rings is 1. The van der Waals surface area contributed by atoms with E-state index in [1.165, 1.54) is 0 Å². The summed E-state index contributed by atoms with van der Waals surface area (Å²) in [7, 11) is 0. The summed E-state index contributed by atoms with van der Waals surface area (Å²) in [6, 6.07) is 5.69. The van der Waals surface area contributed by atoms with Gasteiger partial charge in [-0.3, -0.25) is 4.99 Å². The molecule has 0 fully saturated rings. The van der Waals surface area contributed by atoms with Crippen molar-refractivity contribution in [1.82, 2.24) is 0 Å². The lowest BCUT2D eigenvalue weighted by Crippen LogP contribution is -1.87. The molecule has 16 heavy (non-hydrogen) atoms. The van der Waals surface area contributed by atoms with E-state index in [-0.39, 0.29) is 0 Å². The first-order valence-electron chi connectivity index (χ1n) is 5.28. The summed E-state index contributed by atoms with van der Waals surface area (Å²) < 4.78 is 5.49. The second-order valence-corrected chi connectivity index (χ2v) is 3.81. The Morgan fingerprint density at radius 1 is 1.50 bits per heavy atom. The van der Waals surface area contributed by atoms with Gasteiger partial charge >= 0.3 is 0 Å². The molecular weight excluding hydrogens is 222 g/mol. The molecule has 0 N–H and O–H groups in total. The molecule has 3 heteroatoms. The third-order valence-electron chi connectivity index (χ3n) is 2.07. The van der Waals surface area contributed by atoms with E-state index in [1.807, 2.05) is 39.0 Å². The van der Waals surface area contributed by atoms with Crippen LogP contribution in [0.1, 0.15) is 25.8 Å². The molecule has 0 saturated carbocycles. The van der Waals surface area contributed by atoms with Crippen molar-refractivity contribution in [1.29, 1.82) is 0 Å². The van der Waals surface area contributed by atoms with E-state index in [9.17, 15) is 0 Å². The molecule has 0 spiro atoms. The molecule has 0 aliphatic heterocycles. The zero-order chi connectivity index (χ0) is 12.0. The van der Waals surface area contributed by atoms with E-state index in [0.29, 0.717) is 10.8 Å². The van der Waals surface area contributed by atoms with Crippen LogP contribution in [-0.4, -0.2) is 6.21 Å². The predicted molar refractivity (Wildman–Crippen MR) is 69.4 cm³/mol. The van der Waals surface area contributed by atoms with Gasteiger partial charge in [0.05, 0.1) is 10.7 Å². The van der Waals surface area contributed by atoms with E-state index in [1.54, 1.807) is 12.5 Å². The summed E-state index contributed by atoms with van der Waals surface area (Å²) in [6.07, 6.45) is 4.21. The van der Waals surface area contributed by atoms with Crippen molar-refractivity contribution < 1.29 is 4.74 Å². The van der Waals surface area contributed by atoms with Gasteiger partial charge in [0.25, 0.3) is 0 Å². The fourth-order valence-corrected chi connectivity index (χ4v) is 1.48. The van der Waals surface area contributed by atoms with Crippen molar-refractivity contribution in [3.63, 3.8) is 0 Å². The summed E-state index contributed by atoms with van der Waals surface area (Å²) in [5.41, 5.74) is 2.00. The van der Waals surface area contributed by atoms with Crippen LogP contribution in [0.2, 0.25) is 5.02 Å². The van der Waals surface area contributed by atoms with E-state index in [4.69, 9.17) is 16.3 Å². The SMILES string of the molecule is CC=N/C(=C/Oc1ccc(C)cc1Cl)CC. The minimum absolute atomic E-state index is 0.618. The Labute approximate surface area is 102 Å². The van der Waals surface area contributed by atoms with Gasteiger partial charge in [0, 0.05) is 6.21 Å². The lowest BCUT2D eigenvalue weighted by atomic mass is 10.2. The molecular formula is C13H16ClNO. The molecule has 0 saturated heterocycles. The van der Waals surface area contributed by atoms with Crippen LogP contribution in [-0.2, 0) is 0 Å². The first kappa shape index (κ1) is 12.8. The number of nitrogens with zero attached hydrogens (tertiary/aromatic N) is 1. The Morgan fingerprint density at radius 2 is 2.25 bits per heavy atom. The summed E-state index contributed by atoms with van der Waals surface area (Å²) in [6.45, 7) is 5.89. The molecule has 0 bridgehead atoms. The van der Waals surface area contributed by atoms with Crippen molar-refractivity contribution in [3.8, 4) is 5.75 Å². The van der Waals surface area contributed by atoms with Crippen LogP contribution < -0.4 is 4.74 Å². The van der Waals surface area contributed by atoms with E-state index in [2.05, 4.69) is 4.99 Å². The quantitative estimate of drug-likeness (QED) is 0.563. The molecule has 0 aromatic heterocycles. The normalized spacial score (nSPS) is 12.1. The van der Waals surface area contributed by atoms with Gasteiger partial charge in [0.2, 0.25) is 0 Å². The molecule has 0 amide bonds. The maximum Gasteiger partial charge on any atom is 0.145 e.